The molecule has 2 atom stereocenters. The van der Waals surface area contributed by atoms with Crippen molar-refractivity contribution in [2.75, 3.05) is 24.6 Å². The number of carbonyl (C=O) groups excluding carboxylic acids is 1. The number of likely N-dealkylation sites (N-methyl/N-ethyl adjacent to an activating group) is 1. The number of thioether (sulfide) groups is 1. The molecule has 0 aromatic heterocycles. The third-order valence-electron chi connectivity index (χ3n) is 3.34. The summed E-state index contributed by atoms with van der Waals surface area (Å²) in [6.07, 6.45) is 3.25. The molecule has 1 fully saturated rings. The average molecular weight is 258 g/mol. The van der Waals surface area contributed by atoms with E-state index in [1.807, 2.05) is 11.8 Å². The minimum absolute atomic E-state index is 0.0648. The Morgan fingerprint density at radius 2 is 2.29 bits per heavy atom. The van der Waals surface area contributed by atoms with E-state index in [1.165, 1.54) is 5.75 Å². The van der Waals surface area contributed by atoms with Gasteiger partial charge in [-0.15, -0.1) is 0 Å². The molecule has 100 valence electrons. The quantitative estimate of drug-likeness (QED) is 0.710. The Labute approximate surface area is 110 Å². The summed E-state index contributed by atoms with van der Waals surface area (Å²) in [6.45, 7) is 8.25. The molecule has 0 aromatic carbocycles. The maximum atomic E-state index is 12.2. The van der Waals surface area contributed by atoms with Crippen LogP contribution in [0.25, 0.3) is 0 Å². The molecule has 1 heterocycles. The van der Waals surface area contributed by atoms with E-state index in [1.54, 1.807) is 0 Å². The number of hydrogen-bond acceptors (Lipinski definition) is 3. The minimum atomic E-state index is 0.0648. The first-order valence-corrected chi connectivity index (χ1v) is 7.97. The fourth-order valence-corrected chi connectivity index (χ4v) is 3.12. The van der Waals surface area contributed by atoms with Crippen LogP contribution in [0.5, 0.6) is 0 Å². The molecule has 0 spiro atoms. The summed E-state index contributed by atoms with van der Waals surface area (Å²) >= 11 is 1.96. The number of amides is 1. The van der Waals surface area contributed by atoms with Gasteiger partial charge in [0, 0.05) is 12.6 Å². The van der Waals surface area contributed by atoms with E-state index in [0.717, 1.165) is 38.1 Å². The number of likely N-dealkylation sites (tertiary alicyclic amines) is 1. The Bertz CT molecular complexity index is 233. The normalized spacial score (nSPS) is 22.9. The van der Waals surface area contributed by atoms with Gasteiger partial charge in [0.05, 0.1) is 6.04 Å². The first kappa shape index (κ1) is 14.8. The van der Waals surface area contributed by atoms with Gasteiger partial charge in [0.25, 0.3) is 0 Å². The molecule has 1 aliphatic heterocycles. The number of nitrogens with one attached hydrogen (secondary N) is 1. The van der Waals surface area contributed by atoms with Gasteiger partial charge >= 0.3 is 0 Å². The topological polar surface area (TPSA) is 32.3 Å². The summed E-state index contributed by atoms with van der Waals surface area (Å²) in [5.41, 5.74) is 0. The Hall–Kier alpha value is -0.220. The Kier molecular flexibility index (Phi) is 6.97. The van der Waals surface area contributed by atoms with Crippen molar-refractivity contribution in [3.63, 3.8) is 0 Å². The average Bonchev–Trinajstić information content (AvgIpc) is 2.32. The van der Waals surface area contributed by atoms with Gasteiger partial charge in [-0.25, -0.2) is 0 Å². The second-order valence-corrected chi connectivity index (χ2v) is 6.01. The summed E-state index contributed by atoms with van der Waals surface area (Å²) in [4.78, 5) is 14.3. The summed E-state index contributed by atoms with van der Waals surface area (Å²) < 4.78 is 0. The third-order valence-corrected chi connectivity index (χ3v) is 4.27. The zero-order valence-electron chi connectivity index (χ0n) is 11.4. The van der Waals surface area contributed by atoms with Gasteiger partial charge in [0.15, 0.2) is 0 Å². The second-order valence-electron chi connectivity index (χ2n) is 4.62. The van der Waals surface area contributed by atoms with Crippen molar-refractivity contribution in [3.05, 3.63) is 0 Å². The lowest BCUT2D eigenvalue weighted by Gasteiger charge is -2.36. The van der Waals surface area contributed by atoms with Crippen LogP contribution < -0.4 is 5.32 Å². The monoisotopic (exact) mass is 258 g/mol. The maximum absolute atomic E-state index is 12.2. The molecular weight excluding hydrogens is 232 g/mol. The standard InChI is InChI=1S/C13H26N2OS/c1-4-14-12-7-6-9-15(13(12)16)11(3)8-10-17-5-2/h11-12,14H,4-10H2,1-3H3. The van der Waals surface area contributed by atoms with E-state index < -0.39 is 0 Å². The van der Waals surface area contributed by atoms with E-state index in [2.05, 4.69) is 31.0 Å². The molecule has 1 aliphatic rings. The van der Waals surface area contributed by atoms with Gasteiger partial charge in [-0.05, 0) is 44.2 Å². The molecule has 0 aliphatic carbocycles. The molecule has 0 bridgehead atoms. The zero-order chi connectivity index (χ0) is 12.7. The highest BCUT2D eigenvalue weighted by molar-refractivity contribution is 7.99. The number of carbonyl (C=O) groups is 1. The highest BCUT2D eigenvalue weighted by Crippen LogP contribution is 2.17. The van der Waals surface area contributed by atoms with E-state index in [0.29, 0.717) is 11.9 Å². The molecule has 0 aromatic rings. The lowest BCUT2D eigenvalue weighted by molar-refractivity contribution is -0.138. The summed E-state index contributed by atoms with van der Waals surface area (Å²) in [5.74, 6) is 2.64. The van der Waals surface area contributed by atoms with Crippen molar-refractivity contribution in [2.45, 2.75) is 52.1 Å². The molecule has 4 heteroatoms. The fourth-order valence-electron chi connectivity index (χ4n) is 2.33. The molecule has 0 radical (unpaired) electrons. The van der Waals surface area contributed by atoms with E-state index >= 15 is 0 Å². The molecule has 17 heavy (non-hydrogen) atoms. The van der Waals surface area contributed by atoms with Crippen molar-refractivity contribution in [1.29, 1.82) is 0 Å². The second kappa shape index (κ2) is 7.98. The van der Waals surface area contributed by atoms with Gasteiger partial charge in [-0.1, -0.05) is 13.8 Å². The van der Waals surface area contributed by atoms with Gasteiger partial charge in [-0.2, -0.15) is 11.8 Å². The van der Waals surface area contributed by atoms with E-state index in [-0.39, 0.29) is 6.04 Å². The van der Waals surface area contributed by atoms with Gasteiger partial charge in [0.1, 0.15) is 0 Å². The van der Waals surface area contributed by atoms with Crippen molar-refractivity contribution >= 4 is 17.7 Å². The molecule has 2 unspecified atom stereocenters. The highest BCUT2D eigenvalue weighted by atomic mass is 32.2. The number of hydrogen-bond donors (Lipinski definition) is 1. The van der Waals surface area contributed by atoms with Gasteiger partial charge in [-0.3, -0.25) is 4.79 Å². The molecule has 1 N–H and O–H groups in total. The van der Waals surface area contributed by atoms with E-state index in [9.17, 15) is 4.79 Å². The van der Waals surface area contributed by atoms with Crippen LogP contribution in [0.4, 0.5) is 0 Å². The summed E-state index contributed by atoms with van der Waals surface area (Å²) in [5, 5.41) is 3.29. The number of piperidine rings is 1. The molecule has 0 saturated carbocycles. The van der Waals surface area contributed by atoms with Crippen LogP contribution in [-0.2, 0) is 4.79 Å². The summed E-state index contributed by atoms with van der Waals surface area (Å²) in [7, 11) is 0. The first-order valence-electron chi connectivity index (χ1n) is 6.82. The van der Waals surface area contributed by atoms with Crippen LogP contribution in [0.1, 0.15) is 40.0 Å². The molecule has 3 nitrogen and oxygen atoms in total. The molecular formula is C13H26N2OS. The summed E-state index contributed by atoms with van der Waals surface area (Å²) in [6, 6.07) is 0.457. The van der Waals surface area contributed by atoms with Crippen molar-refractivity contribution < 1.29 is 4.79 Å². The predicted octanol–water partition coefficient (Wildman–Crippen LogP) is 2.12. The van der Waals surface area contributed by atoms with Crippen LogP contribution in [0.3, 0.4) is 0 Å². The lowest BCUT2D eigenvalue weighted by atomic mass is 10.0. The van der Waals surface area contributed by atoms with Crippen molar-refractivity contribution in [2.24, 2.45) is 0 Å². The van der Waals surface area contributed by atoms with Crippen molar-refractivity contribution in [3.8, 4) is 0 Å². The largest absolute Gasteiger partial charge is 0.339 e. The van der Waals surface area contributed by atoms with Crippen LogP contribution >= 0.6 is 11.8 Å². The van der Waals surface area contributed by atoms with Crippen LogP contribution in [-0.4, -0.2) is 47.5 Å². The van der Waals surface area contributed by atoms with Crippen LogP contribution in [0.15, 0.2) is 0 Å². The zero-order valence-corrected chi connectivity index (χ0v) is 12.2. The molecule has 1 amide bonds. The Morgan fingerprint density at radius 1 is 1.53 bits per heavy atom. The Balaban J connectivity index is 2.42. The molecule has 1 saturated heterocycles. The van der Waals surface area contributed by atoms with E-state index in [4.69, 9.17) is 0 Å². The smallest absolute Gasteiger partial charge is 0.239 e. The predicted molar refractivity (Wildman–Crippen MR) is 75.5 cm³/mol. The fraction of sp³-hybridized carbons (Fsp3) is 0.923. The van der Waals surface area contributed by atoms with Gasteiger partial charge in [0.2, 0.25) is 5.91 Å². The van der Waals surface area contributed by atoms with Crippen LogP contribution in [0.2, 0.25) is 0 Å². The van der Waals surface area contributed by atoms with Crippen molar-refractivity contribution in [1.82, 2.24) is 10.2 Å². The highest BCUT2D eigenvalue weighted by Gasteiger charge is 2.30. The maximum Gasteiger partial charge on any atom is 0.239 e. The first-order chi connectivity index (χ1) is 8.20. The lowest BCUT2D eigenvalue weighted by Crippen LogP contribution is -2.53. The van der Waals surface area contributed by atoms with Gasteiger partial charge < -0.3 is 10.2 Å². The van der Waals surface area contributed by atoms with Crippen LogP contribution in [0, 0.1) is 0 Å². The third kappa shape index (κ3) is 4.51. The minimum Gasteiger partial charge on any atom is -0.339 e. The Morgan fingerprint density at radius 3 is 2.94 bits per heavy atom. The molecule has 1 rings (SSSR count). The SMILES string of the molecule is CCNC1CCCN(C(C)CCSCC)C1=O. The number of nitrogens with zero attached hydrogens (tertiary/aromatic N) is 1. The number of rotatable bonds is 7.